The smallest absolute Gasteiger partial charge is 0.408 e. The first-order valence-corrected chi connectivity index (χ1v) is 8.61. The van der Waals surface area contributed by atoms with E-state index in [1.54, 1.807) is 20.8 Å². The van der Waals surface area contributed by atoms with Crippen molar-refractivity contribution in [3.8, 4) is 11.1 Å². The van der Waals surface area contributed by atoms with E-state index in [2.05, 4.69) is 5.32 Å². The summed E-state index contributed by atoms with van der Waals surface area (Å²) < 4.78 is 5.32. The third-order valence-corrected chi connectivity index (χ3v) is 4.46. The highest BCUT2D eigenvalue weighted by Crippen LogP contribution is 2.36. The SMILES string of the molecule is CC(C)(C)OC(=O)NC1(C(=O)O)Cc2ccccc2-c2ccccc2C1. The van der Waals surface area contributed by atoms with Crippen molar-refractivity contribution in [2.24, 2.45) is 0 Å². The van der Waals surface area contributed by atoms with E-state index >= 15 is 0 Å². The number of carbonyl (C=O) groups excluding carboxylic acids is 1. The minimum Gasteiger partial charge on any atom is -0.479 e. The minimum atomic E-state index is -1.47. The molecule has 1 amide bonds. The molecule has 5 nitrogen and oxygen atoms in total. The molecule has 0 spiro atoms. The van der Waals surface area contributed by atoms with E-state index in [1.807, 2.05) is 48.5 Å². The Morgan fingerprint density at radius 2 is 1.42 bits per heavy atom. The summed E-state index contributed by atoms with van der Waals surface area (Å²) >= 11 is 0. The third-order valence-electron chi connectivity index (χ3n) is 4.46. The fourth-order valence-corrected chi connectivity index (χ4v) is 3.38. The molecule has 0 aromatic heterocycles. The number of carbonyl (C=O) groups is 2. The van der Waals surface area contributed by atoms with Gasteiger partial charge >= 0.3 is 12.1 Å². The van der Waals surface area contributed by atoms with Gasteiger partial charge in [-0.25, -0.2) is 9.59 Å². The second kappa shape index (κ2) is 6.48. The van der Waals surface area contributed by atoms with Crippen LogP contribution < -0.4 is 5.32 Å². The Kier molecular flexibility index (Phi) is 4.48. The molecule has 0 fully saturated rings. The van der Waals surface area contributed by atoms with Crippen molar-refractivity contribution in [1.29, 1.82) is 0 Å². The first kappa shape index (κ1) is 18.0. The Balaban J connectivity index is 2.07. The molecule has 0 aliphatic heterocycles. The lowest BCUT2D eigenvalue weighted by molar-refractivity contribution is -0.144. The molecule has 1 aliphatic rings. The third kappa shape index (κ3) is 3.57. The maximum atomic E-state index is 12.4. The molecule has 1 aliphatic carbocycles. The Hall–Kier alpha value is -2.82. The van der Waals surface area contributed by atoms with Crippen molar-refractivity contribution in [3.63, 3.8) is 0 Å². The van der Waals surface area contributed by atoms with Crippen molar-refractivity contribution in [1.82, 2.24) is 5.32 Å². The number of alkyl carbamates (subject to hydrolysis) is 1. The summed E-state index contributed by atoms with van der Waals surface area (Å²) in [5.74, 6) is -1.07. The van der Waals surface area contributed by atoms with Crippen molar-refractivity contribution in [2.45, 2.75) is 44.8 Å². The molecule has 136 valence electrons. The Morgan fingerprint density at radius 1 is 0.962 bits per heavy atom. The molecule has 0 bridgehead atoms. The zero-order valence-electron chi connectivity index (χ0n) is 15.2. The second-order valence-corrected chi connectivity index (χ2v) is 7.68. The monoisotopic (exact) mass is 353 g/mol. The minimum absolute atomic E-state index is 0.187. The number of rotatable bonds is 2. The Bertz CT molecular complexity index is 804. The standard InChI is InChI=1S/C21H23NO4/c1-20(2,3)26-19(25)22-21(18(23)24)12-14-8-4-6-10-16(14)17-11-7-5-9-15(17)13-21/h4-11H,12-13H2,1-3H3,(H,22,25)(H,23,24). The molecule has 0 saturated carbocycles. The quantitative estimate of drug-likeness (QED) is 0.861. The summed E-state index contributed by atoms with van der Waals surface area (Å²) in [6.07, 6.45) is -0.351. The zero-order valence-corrected chi connectivity index (χ0v) is 15.2. The largest absolute Gasteiger partial charge is 0.479 e. The van der Waals surface area contributed by atoms with Crippen LogP contribution in [0, 0.1) is 0 Å². The summed E-state index contributed by atoms with van der Waals surface area (Å²) in [5, 5.41) is 12.7. The van der Waals surface area contributed by atoms with Gasteiger partial charge in [0.05, 0.1) is 0 Å². The maximum Gasteiger partial charge on any atom is 0.408 e. The number of ether oxygens (including phenoxy) is 1. The van der Waals surface area contributed by atoms with Gasteiger partial charge in [0.1, 0.15) is 11.1 Å². The summed E-state index contributed by atoms with van der Waals surface area (Å²) in [5.41, 5.74) is 1.59. The van der Waals surface area contributed by atoms with Gasteiger partial charge in [-0.1, -0.05) is 48.5 Å². The number of benzene rings is 2. The highest BCUT2D eigenvalue weighted by molar-refractivity contribution is 5.87. The van der Waals surface area contributed by atoms with E-state index in [4.69, 9.17) is 4.74 Å². The number of carboxylic acid groups (broad SMARTS) is 1. The summed E-state index contributed by atoms with van der Waals surface area (Å²) in [6.45, 7) is 5.24. The molecule has 5 heteroatoms. The topological polar surface area (TPSA) is 75.6 Å². The molecule has 2 N–H and O–H groups in total. The lowest BCUT2D eigenvalue weighted by Gasteiger charge is -2.31. The van der Waals surface area contributed by atoms with E-state index in [0.29, 0.717) is 0 Å². The van der Waals surface area contributed by atoms with Gasteiger partial charge in [0.25, 0.3) is 0 Å². The molecule has 2 aromatic carbocycles. The van der Waals surface area contributed by atoms with Crippen LogP contribution >= 0.6 is 0 Å². The molecular weight excluding hydrogens is 330 g/mol. The molecule has 0 saturated heterocycles. The number of hydrogen-bond acceptors (Lipinski definition) is 3. The first-order chi connectivity index (χ1) is 12.2. The molecule has 0 unspecified atom stereocenters. The predicted molar refractivity (Wildman–Crippen MR) is 99.0 cm³/mol. The Labute approximate surface area is 153 Å². The van der Waals surface area contributed by atoms with Gasteiger partial charge in [-0.2, -0.15) is 0 Å². The van der Waals surface area contributed by atoms with Gasteiger partial charge in [0.2, 0.25) is 0 Å². The van der Waals surface area contributed by atoms with Crippen LogP contribution in [-0.4, -0.2) is 28.3 Å². The van der Waals surface area contributed by atoms with Gasteiger partial charge in [-0.05, 0) is 43.0 Å². The number of carboxylic acids is 1. The van der Waals surface area contributed by atoms with Crippen LogP contribution in [-0.2, 0) is 22.4 Å². The van der Waals surface area contributed by atoms with Gasteiger partial charge in [0.15, 0.2) is 0 Å². The Morgan fingerprint density at radius 3 is 1.85 bits per heavy atom. The number of amides is 1. The van der Waals surface area contributed by atoms with Crippen molar-refractivity contribution < 1.29 is 19.4 Å². The van der Waals surface area contributed by atoms with Crippen LogP contribution in [0.2, 0.25) is 0 Å². The highest BCUT2D eigenvalue weighted by atomic mass is 16.6. The van der Waals surface area contributed by atoms with Gasteiger partial charge in [-0.15, -0.1) is 0 Å². The van der Waals surface area contributed by atoms with Gasteiger partial charge in [-0.3, -0.25) is 0 Å². The fraction of sp³-hybridized carbons (Fsp3) is 0.333. The molecule has 0 radical (unpaired) electrons. The molecule has 0 atom stereocenters. The van der Waals surface area contributed by atoms with Crippen LogP contribution in [0.1, 0.15) is 31.9 Å². The van der Waals surface area contributed by atoms with E-state index in [-0.39, 0.29) is 12.8 Å². The van der Waals surface area contributed by atoms with E-state index in [1.165, 1.54) is 0 Å². The summed E-state index contributed by atoms with van der Waals surface area (Å²) in [6, 6.07) is 15.4. The maximum absolute atomic E-state index is 12.4. The zero-order chi connectivity index (χ0) is 18.9. The normalized spacial score (nSPS) is 15.2. The highest BCUT2D eigenvalue weighted by Gasteiger charge is 2.44. The van der Waals surface area contributed by atoms with Crippen LogP contribution in [0.4, 0.5) is 4.79 Å². The van der Waals surface area contributed by atoms with Crippen molar-refractivity contribution in [3.05, 3.63) is 59.7 Å². The van der Waals surface area contributed by atoms with Crippen LogP contribution in [0.15, 0.2) is 48.5 Å². The van der Waals surface area contributed by atoms with Crippen LogP contribution in [0.25, 0.3) is 11.1 Å². The summed E-state index contributed by atoms with van der Waals surface area (Å²) in [7, 11) is 0. The first-order valence-electron chi connectivity index (χ1n) is 8.61. The lowest BCUT2D eigenvalue weighted by atomic mass is 9.86. The van der Waals surface area contributed by atoms with E-state index in [9.17, 15) is 14.7 Å². The van der Waals surface area contributed by atoms with Crippen molar-refractivity contribution in [2.75, 3.05) is 0 Å². The number of nitrogens with one attached hydrogen (secondary N) is 1. The van der Waals surface area contributed by atoms with Crippen LogP contribution in [0.5, 0.6) is 0 Å². The lowest BCUT2D eigenvalue weighted by Crippen LogP contribution is -2.58. The van der Waals surface area contributed by atoms with E-state index in [0.717, 1.165) is 22.3 Å². The van der Waals surface area contributed by atoms with E-state index < -0.39 is 23.2 Å². The molecule has 3 rings (SSSR count). The average Bonchev–Trinajstić information content (AvgIpc) is 2.67. The number of aliphatic carboxylic acids is 1. The molecule has 26 heavy (non-hydrogen) atoms. The predicted octanol–water partition coefficient (Wildman–Crippen LogP) is 3.80. The summed E-state index contributed by atoms with van der Waals surface area (Å²) in [4.78, 5) is 24.7. The number of hydrogen-bond donors (Lipinski definition) is 2. The molecule has 2 aromatic rings. The van der Waals surface area contributed by atoms with Gasteiger partial charge < -0.3 is 15.2 Å². The average molecular weight is 353 g/mol. The van der Waals surface area contributed by atoms with Crippen LogP contribution in [0.3, 0.4) is 0 Å². The number of fused-ring (bicyclic) bond motifs is 3. The van der Waals surface area contributed by atoms with Gasteiger partial charge in [0, 0.05) is 12.8 Å². The second-order valence-electron chi connectivity index (χ2n) is 7.68. The fourth-order valence-electron chi connectivity index (χ4n) is 3.38. The van der Waals surface area contributed by atoms with Crippen molar-refractivity contribution >= 4 is 12.1 Å². The molecule has 0 heterocycles. The molecular formula is C21H23NO4.